The summed E-state index contributed by atoms with van der Waals surface area (Å²) in [5.74, 6) is -2.28. The van der Waals surface area contributed by atoms with Gasteiger partial charge in [0.25, 0.3) is 5.92 Å². The predicted octanol–water partition coefficient (Wildman–Crippen LogP) is 2.82. The number of piperidine rings is 1. The van der Waals surface area contributed by atoms with Crippen LogP contribution in [0.1, 0.15) is 12.0 Å². The molecule has 122 valence electrons. The second-order valence-electron chi connectivity index (χ2n) is 5.95. The maximum absolute atomic E-state index is 14.6. The molecule has 1 aliphatic rings. The van der Waals surface area contributed by atoms with Gasteiger partial charge in [-0.05, 0) is 19.0 Å². The van der Waals surface area contributed by atoms with Gasteiger partial charge in [-0.3, -0.25) is 9.88 Å². The van der Waals surface area contributed by atoms with Crippen LogP contribution in [0.2, 0.25) is 0 Å². The molecule has 1 unspecified atom stereocenters. The molecule has 1 aromatic carbocycles. The topological polar surface area (TPSA) is 32.3 Å². The Kier molecular flexibility index (Phi) is 4.52. The number of rotatable bonds is 4. The molecule has 2 aromatic rings. The number of nitrogens with zero attached hydrogens (tertiary/aromatic N) is 4. The molecule has 0 spiro atoms. The van der Waals surface area contributed by atoms with E-state index in [4.69, 9.17) is 0 Å². The van der Waals surface area contributed by atoms with Gasteiger partial charge in [-0.15, -0.1) is 0 Å². The standard InChI is InChI=1S/C17H20F2N4/c1-22(12-14-5-3-2-4-6-14)15-7-10-23(13-17(15,18)19)16-11-20-8-9-21-16/h2-6,8-9,11,15H,7,10,12-13H2,1H3. The normalized spacial score (nSPS) is 20.7. The van der Waals surface area contributed by atoms with Crippen LogP contribution in [-0.4, -0.2) is 47.0 Å². The number of aromatic nitrogens is 2. The van der Waals surface area contributed by atoms with Crippen molar-refractivity contribution in [3.05, 3.63) is 54.5 Å². The predicted molar refractivity (Wildman–Crippen MR) is 85.5 cm³/mol. The zero-order chi connectivity index (χ0) is 16.3. The molecule has 2 heterocycles. The van der Waals surface area contributed by atoms with E-state index in [1.807, 2.05) is 30.3 Å². The highest BCUT2D eigenvalue weighted by Gasteiger charge is 2.46. The van der Waals surface area contributed by atoms with Crippen molar-refractivity contribution in [2.45, 2.75) is 24.9 Å². The fourth-order valence-electron chi connectivity index (χ4n) is 3.10. The van der Waals surface area contributed by atoms with Gasteiger partial charge in [-0.25, -0.2) is 13.8 Å². The third-order valence-electron chi connectivity index (χ3n) is 4.24. The summed E-state index contributed by atoms with van der Waals surface area (Å²) < 4.78 is 29.3. The first kappa shape index (κ1) is 15.8. The van der Waals surface area contributed by atoms with Crippen molar-refractivity contribution >= 4 is 5.82 Å². The molecular formula is C17H20F2N4. The summed E-state index contributed by atoms with van der Waals surface area (Å²) in [6, 6.07) is 8.94. The molecule has 6 heteroatoms. The zero-order valence-corrected chi connectivity index (χ0v) is 13.1. The number of anilines is 1. The first-order valence-electron chi connectivity index (χ1n) is 7.69. The van der Waals surface area contributed by atoms with E-state index in [1.54, 1.807) is 23.0 Å². The van der Waals surface area contributed by atoms with Crippen molar-refractivity contribution < 1.29 is 8.78 Å². The van der Waals surface area contributed by atoms with Crippen molar-refractivity contribution in [1.82, 2.24) is 14.9 Å². The van der Waals surface area contributed by atoms with Crippen LogP contribution in [-0.2, 0) is 6.54 Å². The second-order valence-corrected chi connectivity index (χ2v) is 5.95. The Balaban J connectivity index is 1.68. The highest BCUT2D eigenvalue weighted by Crippen LogP contribution is 2.32. The third kappa shape index (κ3) is 3.64. The Labute approximate surface area is 134 Å². The Morgan fingerprint density at radius 1 is 1.26 bits per heavy atom. The van der Waals surface area contributed by atoms with Crippen molar-refractivity contribution in [3.63, 3.8) is 0 Å². The Hall–Kier alpha value is -2.08. The first-order chi connectivity index (χ1) is 11.1. The van der Waals surface area contributed by atoms with Gasteiger partial charge in [-0.2, -0.15) is 0 Å². The highest BCUT2D eigenvalue weighted by molar-refractivity contribution is 5.36. The fraction of sp³-hybridized carbons (Fsp3) is 0.412. The quantitative estimate of drug-likeness (QED) is 0.868. The summed E-state index contributed by atoms with van der Waals surface area (Å²) in [6.07, 6.45) is 5.00. The van der Waals surface area contributed by atoms with Gasteiger partial charge >= 0.3 is 0 Å². The maximum Gasteiger partial charge on any atom is 0.280 e. The van der Waals surface area contributed by atoms with Crippen molar-refractivity contribution in [1.29, 1.82) is 0 Å². The van der Waals surface area contributed by atoms with Gasteiger partial charge in [0.1, 0.15) is 5.82 Å². The van der Waals surface area contributed by atoms with E-state index in [2.05, 4.69) is 9.97 Å². The molecule has 0 bridgehead atoms. The Morgan fingerprint density at radius 2 is 2.04 bits per heavy atom. The minimum atomic E-state index is -2.79. The molecule has 0 aliphatic carbocycles. The molecule has 1 atom stereocenters. The summed E-state index contributed by atoms with van der Waals surface area (Å²) in [7, 11) is 1.77. The molecule has 1 fully saturated rings. The average molecular weight is 318 g/mol. The van der Waals surface area contributed by atoms with Crippen LogP contribution in [0, 0.1) is 0 Å². The average Bonchev–Trinajstić information content (AvgIpc) is 2.55. The minimum absolute atomic E-state index is 0.324. The lowest BCUT2D eigenvalue weighted by Crippen LogP contribution is -2.57. The summed E-state index contributed by atoms with van der Waals surface area (Å²) in [5.41, 5.74) is 1.04. The van der Waals surface area contributed by atoms with Crippen LogP contribution in [0.15, 0.2) is 48.9 Å². The van der Waals surface area contributed by atoms with Crippen LogP contribution < -0.4 is 4.90 Å². The van der Waals surface area contributed by atoms with E-state index in [0.717, 1.165) is 5.56 Å². The van der Waals surface area contributed by atoms with Gasteiger partial charge in [0.2, 0.25) is 0 Å². The molecular weight excluding hydrogens is 298 g/mol. The Bertz CT molecular complexity index is 621. The lowest BCUT2D eigenvalue weighted by Gasteiger charge is -2.42. The van der Waals surface area contributed by atoms with Gasteiger partial charge < -0.3 is 4.90 Å². The van der Waals surface area contributed by atoms with Crippen molar-refractivity contribution in [2.75, 3.05) is 25.0 Å². The number of alkyl halides is 2. The van der Waals surface area contributed by atoms with Gasteiger partial charge in [0.05, 0.1) is 18.8 Å². The lowest BCUT2D eigenvalue weighted by atomic mass is 9.98. The molecule has 0 saturated carbocycles. The van der Waals surface area contributed by atoms with E-state index in [1.165, 1.54) is 12.4 Å². The number of hydrogen-bond donors (Lipinski definition) is 0. The van der Waals surface area contributed by atoms with Gasteiger partial charge in [-0.1, -0.05) is 30.3 Å². The molecule has 1 aliphatic heterocycles. The minimum Gasteiger partial charge on any atom is -0.349 e. The number of hydrogen-bond acceptors (Lipinski definition) is 4. The summed E-state index contributed by atoms with van der Waals surface area (Å²) in [6.45, 7) is 0.750. The van der Waals surface area contributed by atoms with Gasteiger partial charge in [0, 0.05) is 25.5 Å². The molecule has 1 aromatic heterocycles. The second kappa shape index (κ2) is 6.58. The third-order valence-corrected chi connectivity index (χ3v) is 4.24. The summed E-state index contributed by atoms with van der Waals surface area (Å²) in [5, 5.41) is 0. The van der Waals surface area contributed by atoms with Crippen molar-refractivity contribution in [3.8, 4) is 0 Å². The Morgan fingerprint density at radius 3 is 2.70 bits per heavy atom. The van der Waals surface area contributed by atoms with Crippen molar-refractivity contribution in [2.24, 2.45) is 0 Å². The molecule has 0 amide bonds. The number of benzene rings is 1. The first-order valence-corrected chi connectivity index (χ1v) is 7.69. The monoisotopic (exact) mass is 318 g/mol. The van der Waals surface area contributed by atoms with Crippen LogP contribution in [0.5, 0.6) is 0 Å². The van der Waals surface area contributed by atoms with E-state index in [0.29, 0.717) is 25.3 Å². The summed E-state index contributed by atoms with van der Waals surface area (Å²) >= 11 is 0. The fourth-order valence-corrected chi connectivity index (χ4v) is 3.10. The van der Waals surface area contributed by atoms with Crippen LogP contribution in [0.4, 0.5) is 14.6 Å². The zero-order valence-electron chi connectivity index (χ0n) is 13.1. The van der Waals surface area contributed by atoms with Crippen LogP contribution >= 0.6 is 0 Å². The highest BCUT2D eigenvalue weighted by atomic mass is 19.3. The molecule has 0 radical (unpaired) electrons. The summed E-state index contributed by atoms with van der Waals surface area (Å²) in [4.78, 5) is 11.4. The van der Waals surface area contributed by atoms with Crippen LogP contribution in [0.3, 0.4) is 0 Å². The molecule has 0 N–H and O–H groups in total. The molecule has 4 nitrogen and oxygen atoms in total. The van der Waals surface area contributed by atoms with E-state index < -0.39 is 12.0 Å². The number of halogens is 2. The molecule has 1 saturated heterocycles. The molecule has 3 rings (SSSR count). The molecule has 23 heavy (non-hydrogen) atoms. The van der Waals surface area contributed by atoms with E-state index >= 15 is 0 Å². The SMILES string of the molecule is CN(Cc1ccccc1)C1CCN(c2cnccn2)CC1(F)F. The smallest absolute Gasteiger partial charge is 0.280 e. The maximum atomic E-state index is 14.6. The largest absolute Gasteiger partial charge is 0.349 e. The van der Waals surface area contributed by atoms with E-state index in [-0.39, 0.29) is 6.54 Å². The van der Waals surface area contributed by atoms with E-state index in [9.17, 15) is 8.78 Å². The van der Waals surface area contributed by atoms with Gasteiger partial charge in [0.15, 0.2) is 0 Å². The lowest BCUT2D eigenvalue weighted by molar-refractivity contribution is -0.0837. The van der Waals surface area contributed by atoms with Crippen LogP contribution in [0.25, 0.3) is 0 Å².